The highest BCUT2D eigenvalue weighted by Gasteiger charge is 2.43. The standard InChI is InChI=1S/C8H18O6/c1-4(10)6(12)8(2,14)7(13)5(11)3-9/h4-7,9-14H,3H2,1-2H3/t4?,5-,6+,7+,8+/m1/s1. The van der Waals surface area contributed by atoms with Gasteiger partial charge in [0.15, 0.2) is 0 Å². The third kappa shape index (κ3) is 2.88. The smallest absolute Gasteiger partial charge is 0.119 e. The summed E-state index contributed by atoms with van der Waals surface area (Å²) < 4.78 is 0. The van der Waals surface area contributed by atoms with Crippen molar-refractivity contribution in [2.24, 2.45) is 0 Å². The molecule has 0 aliphatic carbocycles. The number of aliphatic hydroxyl groups excluding tert-OH is 5. The molecule has 0 bridgehead atoms. The van der Waals surface area contributed by atoms with Gasteiger partial charge in [-0.15, -0.1) is 0 Å². The SMILES string of the molecule is CC(O)[C@H](O)[C@](C)(O)[C@@H](O)[C@H](O)CO. The molecule has 0 fully saturated rings. The van der Waals surface area contributed by atoms with Crippen molar-refractivity contribution in [3.63, 3.8) is 0 Å². The van der Waals surface area contributed by atoms with Crippen molar-refractivity contribution in [3.05, 3.63) is 0 Å². The van der Waals surface area contributed by atoms with Gasteiger partial charge in [-0.3, -0.25) is 0 Å². The van der Waals surface area contributed by atoms with Crippen LogP contribution >= 0.6 is 0 Å². The maximum absolute atomic E-state index is 9.59. The summed E-state index contributed by atoms with van der Waals surface area (Å²) >= 11 is 0. The Bertz CT molecular complexity index is 169. The second-order valence-electron chi connectivity index (χ2n) is 3.61. The van der Waals surface area contributed by atoms with Gasteiger partial charge in [0, 0.05) is 0 Å². The summed E-state index contributed by atoms with van der Waals surface area (Å²) in [6.45, 7) is 1.55. The Balaban J connectivity index is 4.59. The summed E-state index contributed by atoms with van der Waals surface area (Å²) in [5, 5.41) is 54.8. The summed E-state index contributed by atoms with van der Waals surface area (Å²) in [6, 6.07) is 0. The zero-order chi connectivity index (χ0) is 11.5. The van der Waals surface area contributed by atoms with Gasteiger partial charge < -0.3 is 30.6 Å². The zero-order valence-electron chi connectivity index (χ0n) is 8.20. The van der Waals surface area contributed by atoms with Gasteiger partial charge in [0.1, 0.15) is 23.9 Å². The fraction of sp³-hybridized carbons (Fsp3) is 1.00. The van der Waals surface area contributed by atoms with Gasteiger partial charge in [-0.25, -0.2) is 0 Å². The zero-order valence-corrected chi connectivity index (χ0v) is 8.20. The number of hydrogen-bond acceptors (Lipinski definition) is 6. The van der Waals surface area contributed by atoms with Crippen molar-refractivity contribution in [1.29, 1.82) is 0 Å². The molecule has 14 heavy (non-hydrogen) atoms. The van der Waals surface area contributed by atoms with E-state index in [1.165, 1.54) is 6.92 Å². The average Bonchev–Trinajstić information content (AvgIpc) is 2.13. The maximum atomic E-state index is 9.59. The Kier molecular flexibility index (Phi) is 4.93. The first-order valence-corrected chi connectivity index (χ1v) is 4.30. The predicted octanol–water partition coefficient (Wildman–Crippen LogP) is -2.81. The highest BCUT2D eigenvalue weighted by atomic mass is 16.4. The van der Waals surface area contributed by atoms with Crippen LogP contribution < -0.4 is 0 Å². The van der Waals surface area contributed by atoms with E-state index in [1.54, 1.807) is 0 Å². The molecular weight excluding hydrogens is 192 g/mol. The summed E-state index contributed by atoms with van der Waals surface area (Å²) in [5.41, 5.74) is -2.09. The normalized spacial score (nSPS) is 24.9. The second-order valence-corrected chi connectivity index (χ2v) is 3.61. The molecule has 0 amide bonds. The Labute approximate surface area is 82.1 Å². The van der Waals surface area contributed by atoms with Crippen LogP contribution in [0, 0.1) is 0 Å². The van der Waals surface area contributed by atoms with Crippen LogP contribution in [-0.4, -0.2) is 67.3 Å². The Morgan fingerprint density at radius 3 is 1.79 bits per heavy atom. The predicted molar refractivity (Wildman–Crippen MR) is 47.4 cm³/mol. The highest BCUT2D eigenvalue weighted by Crippen LogP contribution is 2.20. The molecule has 5 atom stereocenters. The van der Waals surface area contributed by atoms with Gasteiger partial charge in [0.05, 0.1) is 12.7 Å². The molecular formula is C8H18O6. The van der Waals surface area contributed by atoms with Crippen molar-refractivity contribution >= 4 is 0 Å². The second kappa shape index (κ2) is 5.01. The lowest BCUT2D eigenvalue weighted by Gasteiger charge is -2.36. The minimum Gasteiger partial charge on any atom is -0.394 e. The van der Waals surface area contributed by atoms with Crippen molar-refractivity contribution in [2.75, 3.05) is 6.61 Å². The van der Waals surface area contributed by atoms with Crippen LogP contribution in [0.5, 0.6) is 0 Å². The molecule has 0 aliphatic heterocycles. The van der Waals surface area contributed by atoms with Crippen LogP contribution in [-0.2, 0) is 0 Å². The van der Waals surface area contributed by atoms with E-state index in [9.17, 15) is 15.3 Å². The lowest BCUT2D eigenvalue weighted by molar-refractivity contribution is -0.192. The number of hydrogen-bond donors (Lipinski definition) is 6. The lowest BCUT2D eigenvalue weighted by Crippen LogP contribution is -2.58. The fourth-order valence-corrected chi connectivity index (χ4v) is 1.15. The van der Waals surface area contributed by atoms with E-state index in [-0.39, 0.29) is 0 Å². The van der Waals surface area contributed by atoms with Crippen molar-refractivity contribution in [3.8, 4) is 0 Å². The van der Waals surface area contributed by atoms with Gasteiger partial charge >= 0.3 is 0 Å². The molecule has 6 heteroatoms. The Morgan fingerprint density at radius 1 is 1.07 bits per heavy atom. The summed E-state index contributed by atoms with van der Waals surface area (Å²) in [7, 11) is 0. The van der Waals surface area contributed by atoms with Crippen LogP contribution in [0.15, 0.2) is 0 Å². The van der Waals surface area contributed by atoms with Crippen LogP contribution in [0.2, 0.25) is 0 Å². The van der Waals surface area contributed by atoms with E-state index >= 15 is 0 Å². The lowest BCUT2D eigenvalue weighted by atomic mass is 9.87. The molecule has 0 aromatic rings. The molecule has 0 saturated heterocycles. The summed E-state index contributed by atoms with van der Waals surface area (Å²) in [6.07, 6.45) is -6.18. The topological polar surface area (TPSA) is 121 Å². The van der Waals surface area contributed by atoms with Gasteiger partial charge in [-0.05, 0) is 13.8 Å². The van der Waals surface area contributed by atoms with Gasteiger partial charge in [0.25, 0.3) is 0 Å². The first kappa shape index (κ1) is 13.8. The van der Waals surface area contributed by atoms with E-state index < -0.39 is 36.6 Å². The first-order chi connectivity index (χ1) is 6.25. The Morgan fingerprint density at radius 2 is 1.50 bits per heavy atom. The van der Waals surface area contributed by atoms with Gasteiger partial charge in [0.2, 0.25) is 0 Å². The molecule has 0 spiro atoms. The average molecular weight is 210 g/mol. The van der Waals surface area contributed by atoms with E-state index in [4.69, 9.17) is 15.3 Å². The van der Waals surface area contributed by atoms with E-state index in [1.807, 2.05) is 0 Å². The largest absolute Gasteiger partial charge is 0.394 e. The third-order valence-electron chi connectivity index (χ3n) is 2.21. The minimum absolute atomic E-state index is 0.746. The summed E-state index contributed by atoms with van der Waals surface area (Å²) in [4.78, 5) is 0. The van der Waals surface area contributed by atoms with E-state index in [0.29, 0.717) is 0 Å². The molecule has 0 aromatic carbocycles. The Hall–Kier alpha value is -0.240. The molecule has 0 aromatic heterocycles. The molecule has 6 N–H and O–H groups in total. The van der Waals surface area contributed by atoms with Crippen LogP contribution in [0.25, 0.3) is 0 Å². The maximum Gasteiger partial charge on any atom is 0.119 e. The van der Waals surface area contributed by atoms with Crippen LogP contribution in [0.4, 0.5) is 0 Å². The molecule has 1 unspecified atom stereocenters. The van der Waals surface area contributed by atoms with Crippen molar-refractivity contribution < 1.29 is 30.6 Å². The monoisotopic (exact) mass is 210 g/mol. The number of rotatable bonds is 5. The van der Waals surface area contributed by atoms with Gasteiger partial charge in [-0.2, -0.15) is 0 Å². The quantitative estimate of drug-likeness (QED) is 0.291. The molecule has 0 aliphatic rings. The molecule has 0 radical (unpaired) electrons. The third-order valence-corrected chi connectivity index (χ3v) is 2.21. The van der Waals surface area contributed by atoms with E-state index in [2.05, 4.69) is 0 Å². The molecule has 0 saturated carbocycles. The van der Waals surface area contributed by atoms with Gasteiger partial charge in [-0.1, -0.05) is 0 Å². The molecule has 0 rings (SSSR count). The van der Waals surface area contributed by atoms with Crippen molar-refractivity contribution in [2.45, 2.75) is 43.9 Å². The van der Waals surface area contributed by atoms with E-state index in [0.717, 1.165) is 6.92 Å². The van der Waals surface area contributed by atoms with Crippen LogP contribution in [0.1, 0.15) is 13.8 Å². The van der Waals surface area contributed by atoms with Crippen LogP contribution in [0.3, 0.4) is 0 Å². The fourth-order valence-electron chi connectivity index (χ4n) is 1.15. The highest BCUT2D eigenvalue weighted by molar-refractivity contribution is 4.94. The molecule has 0 heterocycles. The first-order valence-electron chi connectivity index (χ1n) is 4.30. The molecule has 6 nitrogen and oxygen atoms in total. The summed E-state index contributed by atoms with van der Waals surface area (Å²) in [5.74, 6) is 0. The number of aliphatic hydroxyl groups is 6. The molecule has 86 valence electrons. The minimum atomic E-state index is -2.09. The van der Waals surface area contributed by atoms with Crippen molar-refractivity contribution in [1.82, 2.24) is 0 Å².